The molecule has 0 N–H and O–H groups in total. The Hall–Kier alpha value is -0.770. The van der Waals surface area contributed by atoms with E-state index in [0.717, 1.165) is 12.8 Å². The zero-order valence-electron chi connectivity index (χ0n) is 9.63. The summed E-state index contributed by atoms with van der Waals surface area (Å²) in [5.41, 5.74) is 0. The van der Waals surface area contributed by atoms with Crippen molar-refractivity contribution in [3.63, 3.8) is 0 Å². The van der Waals surface area contributed by atoms with Gasteiger partial charge in [0.25, 0.3) is 0 Å². The highest BCUT2D eigenvalue weighted by molar-refractivity contribution is 4.81. The van der Waals surface area contributed by atoms with Crippen molar-refractivity contribution in [1.82, 2.24) is 0 Å². The van der Waals surface area contributed by atoms with Crippen molar-refractivity contribution in [1.29, 1.82) is 5.26 Å². The van der Waals surface area contributed by atoms with Crippen LogP contribution in [0.2, 0.25) is 0 Å². The molecule has 0 fully saturated rings. The monoisotopic (exact) mass is 193 g/mol. The van der Waals surface area contributed by atoms with Crippen molar-refractivity contribution in [2.45, 2.75) is 58.8 Å². The maximum Gasteiger partial charge on any atom is 0.0655 e. The minimum atomic E-state index is 0.297. The zero-order chi connectivity index (χ0) is 10.6. The third-order valence-corrected chi connectivity index (χ3v) is 2.58. The van der Waals surface area contributed by atoms with E-state index in [0.29, 0.717) is 5.92 Å². The van der Waals surface area contributed by atoms with Gasteiger partial charge in [0.2, 0.25) is 0 Å². The molecule has 1 atom stereocenters. The number of hydrogen-bond acceptors (Lipinski definition) is 1. The summed E-state index contributed by atoms with van der Waals surface area (Å²) in [5.74, 6) is 0.297. The third-order valence-electron chi connectivity index (χ3n) is 2.58. The van der Waals surface area contributed by atoms with Crippen molar-refractivity contribution in [3.05, 3.63) is 12.2 Å². The molecular formula is C13H23N. The molecule has 0 aromatic rings. The van der Waals surface area contributed by atoms with E-state index >= 15 is 0 Å². The molecule has 1 unspecified atom stereocenters. The first kappa shape index (κ1) is 13.2. The fourth-order valence-electron chi connectivity index (χ4n) is 1.53. The van der Waals surface area contributed by atoms with E-state index in [2.05, 4.69) is 32.1 Å². The minimum Gasteiger partial charge on any atom is -0.198 e. The van der Waals surface area contributed by atoms with Crippen LogP contribution in [-0.4, -0.2) is 0 Å². The second-order valence-corrected chi connectivity index (χ2v) is 3.79. The summed E-state index contributed by atoms with van der Waals surface area (Å²) in [4.78, 5) is 0. The summed E-state index contributed by atoms with van der Waals surface area (Å²) < 4.78 is 0. The standard InChI is InChI=1S/C13H23N/c1-3-5-6-7-8-9-10-11-13(4-2)12-14/h3,5,13H,4,6-11H2,1-2H3. The van der Waals surface area contributed by atoms with Crippen LogP contribution in [0.4, 0.5) is 0 Å². The van der Waals surface area contributed by atoms with Crippen LogP contribution >= 0.6 is 0 Å². The lowest BCUT2D eigenvalue weighted by Crippen LogP contribution is -1.94. The molecule has 0 spiro atoms. The summed E-state index contributed by atoms with van der Waals surface area (Å²) in [6.45, 7) is 4.17. The number of nitriles is 1. The van der Waals surface area contributed by atoms with Crippen LogP contribution in [0.5, 0.6) is 0 Å². The van der Waals surface area contributed by atoms with Crippen molar-refractivity contribution in [3.8, 4) is 6.07 Å². The summed E-state index contributed by atoms with van der Waals surface area (Å²) >= 11 is 0. The van der Waals surface area contributed by atoms with E-state index in [4.69, 9.17) is 5.26 Å². The fourth-order valence-corrected chi connectivity index (χ4v) is 1.53. The van der Waals surface area contributed by atoms with Crippen molar-refractivity contribution in [2.75, 3.05) is 0 Å². The molecule has 0 saturated heterocycles. The molecule has 0 aromatic carbocycles. The first-order valence-electron chi connectivity index (χ1n) is 5.85. The Bertz CT molecular complexity index is 176. The Morgan fingerprint density at radius 2 is 1.93 bits per heavy atom. The van der Waals surface area contributed by atoms with Crippen molar-refractivity contribution >= 4 is 0 Å². The quantitative estimate of drug-likeness (QED) is 0.412. The molecule has 0 saturated carbocycles. The topological polar surface area (TPSA) is 23.8 Å². The van der Waals surface area contributed by atoms with Gasteiger partial charge in [-0.1, -0.05) is 38.3 Å². The summed E-state index contributed by atoms with van der Waals surface area (Å²) in [7, 11) is 0. The van der Waals surface area contributed by atoms with E-state index in [9.17, 15) is 0 Å². The molecule has 0 aliphatic carbocycles. The minimum absolute atomic E-state index is 0.297. The molecular weight excluding hydrogens is 170 g/mol. The molecule has 14 heavy (non-hydrogen) atoms. The lowest BCUT2D eigenvalue weighted by Gasteiger charge is -2.04. The average molecular weight is 193 g/mol. The normalized spacial score (nSPS) is 12.9. The molecule has 0 radical (unpaired) electrons. The fraction of sp³-hybridized carbons (Fsp3) is 0.769. The molecule has 0 aliphatic heterocycles. The first-order valence-corrected chi connectivity index (χ1v) is 5.85. The van der Waals surface area contributed by atoms with Gasteiger partial charge >= 0.3 is 0 Å². The van der Waals surface area contributed by atoms with Crippen LogP contribution < -0.4 is 0 Å². The average Bonchev–Trinajstić information content (AvgIpc) is 2.22. The van der Waals surface area contributed by atoms with Crippen LogP contribution in [0, 0.1) is 17.2 Å². The highest BCUT2D eigenvalue weighted by Gasteiger charge is 2.02. The number of nitrogens with zero attached hydrogens (tertiary/aromatic N) is 1. The smallest absolute Gasteiger partial charge is 0.0655 e. The summed E-state index contributed by atoms with van der Waals surface area (Å²) in [6, 6.07) is 2.35. The van der Waals surface area contributed by atoms with Crippen molar-refractivity contribution < 1.29 is 0 Å². The predicted octanol–water partition coefficient (Wildman–Crippen LogP) is 4.45. The van der Waals surface area contributed by atoms with Gasteiger partial charge in [-0.15, -0.1) is 0 Å². The van der Waals surface area contributed by atoms with Gasteiger partial charge in [0.1, 0.15) is 0 Å². The molecule has 0 aromatic heterocycles. The molecule has 1 nitrogen and oxygen atoms in total. The predicted molar refractivity (Wildman–Crippen MR) is 61.9 cm³/mol. The number of unbranched alkanes of at least 4 members (excludes halogenated alkanes) is 4. The number of rotatable bonds is 8. The Morgan fingerprint density at radius 1 is 1.21 bits per heavy atom. The maximum absolute atomic E-state index is 8.74. The SMILES string of the molecule is CC=CCCCCCCC(C#N)CC. The van der Waals surface area contributed by atoms with Crippen LogP contribution in [-0.2, 0) is 0 Å². The van der Waals surface area contributed by atoms with Gasteiger partial charge in [-0.05, 0) is 32.6 Å². The van der Waals surface area contributed by atoms with Gasteiger partial charge in [-0.3, -0.25) is 0 Å². The van der Waals surface area contributed by atoms with E-state index in [1.807, 2.05) is 0 Å². The molecule has 0 rings (SSSR count). The Balaban J connectivity index is 3.17. The van der Waals surface area contributed by atoms with E-state index in [1.165, 1.54) is 32.1 Å². The largest absolute Gasteiger partial charge is 0.198 e. The zero-order valence-corrected chi connectivity index (χ0v) is 9.63. The highest BCUT2D eigenvalue weighted by atomic mass is 14.3. The van der Waals surface area contributed by atoms with Gasteiger partial charge < -0.3 is 0 Å². The Kier molecular flexibility index (Phi) is 9.74. The second-order valence-electron chi connectivity index (χ2n) is 3.79. The van der Waals surface area contributed by atoms with Gasteiger partial charge in [0, 0.05) is 5.92 Å². The molecule has 0 bridgehead atoms. The summed E-state index contributed by atoms with van der Waals surface area (Å²) in [5, 5.41) is 8.74. The number of hydrogen-bond donors (Lipinski definition) is 0. The van der Waals surface area contributed by atoms with Crippen LogP contribution in [0.1, 0.15) is 58.8 Å². The number of allylic oxidation sites excluding steroid dienone is 2. The van der Waals surface area contributed by atoms with Gasteiger partial charge in [-0.2, -0.15) is 5.26 Å². The van der Waals surface area contributed by atoms with E-state index < -0.39 is 0 Å². The Morgan fingerprint density at radius 3 is 2.50 bits per heavy atom. The summed E-state index contributed by atoms with van der Waals surface area (Å²) in [6.07, 6.45) is 12.8. The maximum atomic E-state index is 8.74. The third kappa shape index (κ3) is 7.86. The van der Waals surface area contributed by atoms with Crippen LogP contribution in [0.3, 0.4) is 0 Å². The van der Waals surface area contributed by atoms with Crippen LogP contribution in [0.15, 0.2) is 12.2 Å². The molecule has 0 amide bonds. The molecule has 80 valence electrons. The lowest BCUT2D eigenvalue weighted by atomic mass is 9.99. The van der Waals surface area contributed by atoms with Gasteiger partial charge in [-0.25, -0.2) is 0 Å². The van der Waals surface area contributed by atoms with Crippen molar-refractivity contribution in [2.24, 2.45) is 5.92 Å². The second kappa shape index (κ2) is 10.3. The molecule has 0 aliphatic rings. The van der Waals surface area contributed by atoms with Gasteiger partial charge in [0.15, 0.2) is 0 Å². The first-order chi connectivity index (χ1) is 6.85. The van der Waals surface area contributed by atoms with Gasteiger partial charge in [0.05, 0.1) is 6.07 Å². The molecule has 1 heteroatoms. The lowest BCUT2D eigenvalue weighted by molar-refractivity contribution is 0.523. The molecule has 0 heterocycles. The highest BCUT2D eigenvalue weighted by Crippen LogP contribution is 2.13. The van der Waals surface area contributed by atoms with E-state index in [-0.39, 0.29) is 0 Å². The van der Waals surface area contributed by atoms with Crippen LogP contribution in [0.25, 0.3) is 0 Å². The Labute approximate surface area is 88.8 Å². The van der Waals surface area contributed by atoms with E-state index in [1.54, 1.807) is 0 Å².